The van der Waals surface area contributed by atoms with E-state index < -0.39 is 5.97 Å². The molecule has 1 aromatic heterocycles. The van der Waals surface area contributed by atoms with Gasteiger partial charge >= 0.3 is 5.97 Å². The fraction of sp³-hybridized carbons (Fsp3) is 0.529. The van der Waals surface area contributed by atoms with E-state index in [4.69, 9.17) is 20.9 Å². The predicted octanol–water partition coefficient (Wildman–Crippen LogP) is 3.67. The zero-order valence-electron chi connectivity index (χ0n) is 13.6. The number of ether oxygens (including phenoxy) is 1. The second kappa shape index (κ2) is 5.63. The third kappa shape index (κ3) is 2.54. The summed E-state index contributed by atoms with van der Waals surface area (Å²) in [6, 6.07) is 1.66. The number of carboxylic acid groups (broad SMARTS) is 1. The maximum Gasteiger partial charge on any atom is 0.337 e. The van der Waals surface area contributed by atoms with Crippen molar-refractivity contribution in [2.75, 3.05) is 18.0 Å². The number of aromatic carboxylic acids is 1. The highest BCUT2D eigenvalue weighted by Crippen LogP contribution is 2.46. The monoisotopic (exact) mass is 350 g/mol. The van der Waals surface area contributed by atoms with Gasteiger partial charge in [-0.25, -0.2) is 4.79 Å². The lowest BCUT2D eigenvalue weighted by atomic mass is 10.0. The zero-order chi connectivity index (χ0) is 17.0. The van der Waals surface area contributed by atoms with Crippen LogP contribution in [-0.2, 0) is 4.74 Å². The van der Waals surface area contributed by atoms with E-state index in [1.54, 1.807) is 6.07 Å². The molecule has 24 heavy (non-hydrogen) atoms. The molecule has 0 bridgehead atoms. The minimum atomic E-state index is -0.997. The van der Waals surface area contributed by atoms with Gasteiger partial charge in [-0.05, 0) is 32.8 Å². The lowest BCUT2D eigenvalue weighted by Crippen LogP contribution is -2.46. The molecule has 0 amide bonds. The maximum atomic E-state index is 11.9. The molecule has 1 saturated heterocycles. The Labute approximate surface area is 144 Å². The quantitative estimate of drug-likeness (QED) is 0.910. The molecule has 0 spiro atoms. The molecule has 128 valence electrons. The van der Waals surface area contributed by atoms with Gasteiger partial charge in [0.15, 0.2) is 5.58 Å². The highest BCUT2D eigenvalue weighted by Gasteiger charge is 2.33. The molecule has 1 saturated carbocycles. The number of hydrogen-bond acceptors (Lipinski definition) is 5. The van der Waals surface area contributed by atoms with Crippen LogP contribution in [0.25, 0.3) is 11.0 Å². The summed E-state index contributed by atoms with van der Waals surface area (Å²) in [5.41, 5.74) is 1.99. The molecule has 0 radical (unpaired) electrons. The molecule has 1 N–H and O–H groups in total. The topological polar surface area (TPSA) is 75.8 Å². The summed E-state index contributed by atoms with van der Waals surface area (Å²) >= 11 is 6.58. The molecule has 1 aromatic carbocycles. The van der Waals surface area contributed by atoms with Crippen LogP contribution >= 0.6 is 11.6 Å². The molecule has 2 aromatic rings. The number of fused-ring (bicyclic) bond motifs is 1. The summed E-state index contributed by atoms with van der Waals surface area (Å²) in [6.45, 7) is 5.10. The number of carboxylic acids is 1. The first-order valence-electron chi connectivity index (χ1n) is 8.21. The number of aromatic nitrogens is 1. The van der Waals surface area contributed by atoms with E-state index in [1.165, 1.54) is 0 Å². The predicted molar refractivity (Wildman–Crippen MR) is 90.2 cm³/mol. The highest BCUT2D eigenvalue weighted by molar-refractivity contribution is 6.38. The van der Waals surface area contributed by atoms with Crippen LogP contribution in [0, 0.1) is 0 Å². The van der Waals surface area contributed by atoms with Crippen LogP contribution in [0.2, 0.25) is 5.02 Å². The van der Waals surface area contributed by atoms with E-state index in [9.17, 15) is 9.90 Å². The molecular weight excluding hydrogens is 332 g/mol. The van der Waals surface area contributed by atoms with E-state index in [1.807, 2.05) is 18.7 Å². The number of morpholine rings is 1. The Morgan fingerprint density at radius 2 is 2.00 bits per heavy atom. The van der Waals surface area contributed by atoms with Gasteiger partial charge in [0.25, 0.3) is 0 Å². The van der Waals surface area contributed by atoms with Gasteiger partial charge in [0.05, 0.1) is 29.2 Å². The van der Waals surface area contributed by atoms with Crippen LogP contribution in [0.5, 0.6) is 0 Å². The number of hydrogen-bond donors (Lipinski definition) is 1. The Bertz CT molecular complexity index is 805. The van der Waals surface area contributed by atoms with E-state index in [-0.39, 0.29) is 17.8 Å². The average molecular weight is 351 g/mol. The van der Waals surface area contributed by atoms with Crippen molar-refractivity contribution in [2.45, 2.75) is 44.8 Å². The van der Waals surface area contributed by atoms with Crippen LogP contribution in [-0.4, -0.2) is 41.5 Å². The summed E-state index contributed by atoms with van der Waals surface area (Å²) in [4.78, 5) is 13.9. The molecule has 2 fully saturated rings. The fourth-order valence-corrected chi connectivity index (χ4v) is 3.89. The molecule has 2 heterocycles. The number of nitrogens with zero attached hydrogens (tertiary/aromatic N) is 2. The SMILES string of the molecule is C[C@@H]1CN(c2c(C(=O)O)cc3c(C4CC4)noc3c2Cl)C[C@H](C)O1. The Morgan fingerprint density at radius 3 is 2.58 bits per heavy atom. The van der Waals surface area contributed by atoms with Gasteiger partial charge < -0.3 is 19.3 Å². The van der Waals surface area contributed by atoms with Crippen molar-refractivity contribution < 1.29 is 19.2 Å². The van der Waals surface area contributed by atoms with Crippen molar-refractivity contribution in [3.05, 3.63) is 22.3 Å². The van der Waals surface area contributed by atoms with Crippen LogP contribution in [0.15, 0.2) is 10.6 Å². The Morgan fingerprint density at radius 1 is 1.33 bits per heavy atom. The smallest absolute Gasteiger partial charge is 0.337 e. The van der Waals surface area contributed by atoms with Crippen molar-refractivity contribution >= 4 is 34.2 Å². The first kappa shape index (κ1) is 15.7. The normalized spacial score (nSPS) is 24.5. The van der Waals surface area contributed by atoms with E-state index in [0.29, 0.717) is 35.3 Å². The van der Waals surface area contributed by atoms with Crippen molar-refractivity contribution in [1.29, 1.82) is 0 Å². The van der Waals surface area contributed by atoms with Crippen molar-refractivity contribution in [1.82, 2.24) is 5.16 Å². The number of halogens is 1. The van der Waals surface area contributed by atoms with Gasteiger partial charge in [-0.1, -0.05) is 16.8 Å². The average Bonchev–Trinajstić information content (AvgIpc) is 3.25. The van der Waals surface area contributed by atoms with Crippen molar-refractivity contribution in [2.24, 2.45) is 0 Å². The van der Waals surface area contributed by atoms with Crippen LogP contribution in [0.4, 0.5) is 5.69 Å². The van der Waals surface area contributed by atoms with Crippen molar-refractivity contribution in [3.8, 4) is 0 Å². The van der Waals surface area contributed by atoms with Crippen molar-refractivity contribution in [3.63, 3.8) is 0 Å². The first-order chi connectivity index (χ1) is 11.5. The number of benzene rings is 1. The number of rotatable bonds is 3. The molecule has 1 aliphatic carbocycles. The third-order valence-corrected chi connectivity index (χ3v) is 4.99. The van der Waals surface area contributed by atoms with Gasteiger partial charge in [0.2, 0.25) is 0 Å². The first-order valence-corrected chi connectivity index (χ1v) is 8.59. The minimum Gasteiger partial charge on any atom is -0.478 e. The number of carbonyl (C=O) groups is 1. The molecule has 6 nitrogen and oxygen atoms in total. The van der Waals surface area contributed by atoms with Gasteiger partial charge in [-0.15, -0.1) is 0 Å². The van der Waals surface area contributed by atoms with Crippen LogP contribution in [0.3, 0.4) is 0 Å². The second-order valence-electron chi connectivity index (χ2n) is 6.77. The minimum absolute atomic E-state index is 0.00101. The third-order valence-electron chi connectivity index (χ3n) is 4.64. The summed E-state index contributed by atoms with van der Waals surface area (Å²) in [5, 5.41) is 14.9. The molecule has 4 rings (SSSR count). The number of anilines is 1. The second-order valence-corrected chi connectivity index (χ2v) is 7.15. The van der Waals surface area contributed by atoms with Gasteiger partial charge in [-0.2, -0.15) is 0 Å². The molecule has 2 aliphatic rings. The largest absolute Gasteiger partial charge is 0.478 e. The Balaban J connectivity index is 1.88. The summed E-state index contributed by atoms with van der Waals surface area (Å²) < 4.78 is 11.2. The molecule has 1 aliphatic heterocycles. The van der Waals surface area contributed by atoms with Gasteiger partial charge in [0, 0.05) is 24.4 Å². The highest BCUT2D eigenvalue weighted by atomic mass is 35.5. The standard InChI is InChI=1S/C17H19ClN2O4/c1-8-6-20(7-9(2)23-8)15-12(17(21)22)5-11-14(10-3-4-10)19-24-16(11)13(15)18/h5,8-10H,3-4,6-7H2,1-2H3,(H,21,22)/t8-,9+. The fourth-order valence-electron chi connectivity index (χ4n) is 3.53. The van der Waals surface area contributed by atoms with Crippen LogP contribution < -0.4 is 4.90 Å². The lowest BCUT2D eigenvalue weighted by molar-refractivity contribution is -0.00530. The molecule has 0 unspecified atom stereocenters. The Kier molecular flexibility index (Phi) is 3.69. The van der Waals surface area contributed by atoms with E-state index >= 15 is 0 Å². The lowest BCUT2D eigenvalue weighted by Gasteiger charge is -2.37. The Hall–Kier alpha value is -1.79. The zero-order valence-corrected chi connectivity index (χ0v) is 14.3. The van der Waals surface area contributed by atoms with Crippen LogP contribution in [0.1, 0.15) is 48.7 Å². The van der Waals surface area contributed by atoms with Gasteiger partial charge in [0.1, 0.15) is 5.02 Å². The summed E-state index contributed by atoms with van der Waals surface area (Å²) in [6.07, 6.45) is 2.11. The molecule has 7 heteroatoms. The maximum absolute atomic E-state index is 11.9. The summed E-state index contributed by atoms with van der Waals surface area (Å²) in [5.74, 6) is -0.637. The van der Waals surface area contributed by atoms with E-state index in [0.717, 1.165) is 23.9 Å². The van der Waals surface area contributed by atoms with E-state index in [2.05, 4.69) is 5.16 Å². The summed E-state index contributed by atoms with van der Waals surface area (Å²) in [7, 11) is 0. The van der Waals surface area contributed by atoms with Gasteiger partial charge in [-0.3, -0.25) is 0 Å². The molecule has 2 atom stereocenters. The molecular formula is C17H19ClN2O4.